The molecule has 2 aromatic rings. The lowest BCUT2D eigenvalue weighted by molar-refractivity contribution is 0.104. The summed E-state index contributed by atoms with van der Waals surface area (Å²) in [7, 11) is 0. The van der Waals surface area contributed by atoms with Gasteiger partial charge < -0.3 is 10.5 Å². The van der Waals surface area contributed by atoms with Gasteiger partial charge in [0.2, 0.25) is 0 Å². The summed E-state index contributed by atoms with van der Waals surface area (Å²) in [5.74, 6) is -0.0663. The summed E-state index contributed by atoms with van der Waals surface area (Å²) < 4.78 is 18.7. The summed E-state index contributed by atoms with van der Waals surface area (Å²) >= 11 is 0. The third-order valence-corrected chi connectivity index (χ3v) is 3.21. The number of halogens is 1. The minimum atomic E-state index is -0.419. The van der Waals surface area contributed by atoms with Gasteiger partial charge in [-0.25, -0.2) is 4.39 Å². The zero-order valence-corrected chi connectivity index (χ0v) is 10.4. The highest BCUT2D eigenvalue weighted by atomic mass is 19.1. The van der Waals surface area contributed by atoms with Gasteiger partial charge >= 0.3 is 0 Å². The number of anilines is 1. The van der Waals surface area contributed by atoms with Crippen molar-refractivity contribution in [3.05, 3.63) is 47.3 Å². The Kier molecular flexibility index (Phi) is 2.52. The first-order chi connectivity index (χ1) is 9.11. The molecule has 1 aliphatic carbocycles. The molecule has 0 fully saturated rings. The Morgan fingerprint density at radius 1 is 1.11 bits per heavy atom. The Morgan fingerprint density at radius 2 is 1.84 bits per heavy atom. The van der Waals surface area contributed by atoms with Gasteiger partial charge in [-0.15, -0.1) is 0 Å². The Balaban J connectivity index is 2.23. The molecule has 19 heavy (non-hydrogen) atoms. The second-order valence-corrected chi connectivity index (χ2v) is 4.39. The van der Waals surface area contributed by atoms with E-state index in [1.165, 1.54) is 12.1 Å². The van der Waals surface area contributed by atoms with Gasteiger partial charge in [-0.1, -0.05) is 6.07 Å². The number of nitrogen functional groups attached to an aromatic ring is 1. The van der Waals surface area contributed by atoms with Crippen molar-refractivity contribution in [3.63, 3.8) is 0 Å². The first kappa shape index (κ1) is 11.7. The van der Waals surface area contributed by atoms with Gasteiger partial charge in [0.05, 0.1) is 12.3 Å². The standard InChI is InChI=1S/C15H12FNO2/c1-2-19-14-7-10-9-4-3-8(16)5-11(9)15(18)12(10)6-13(14)17/h3-7H,2,17H2,1H3. The predicted octanol–water partition coefficient (Wildman–Crippen LogP) is 3.02. The van der Waals surface area contributed by atoms with Crippen LogP contribution in [0.15, 0.2) is 30.3 Å². The normalized spacial score (nSPS) is 12.2. The average molecular weight is 257 g/mol. The number of ketones is 1. The molecule has 0 heterocycles. The number of nitrogens with two attached hydrogens (primary N) is 1. The van der Waals surface area contributed by atoms with Crippen LogP contribution < -0.4 is 10.5 Å². The maximum absolute atomic E-state index is 13.2. The van der Waals surface area contributed by atoms with Crippen molar-refractivity contribution in [1.82, 2.24) is 0 Å². The summed E-state index contributed by atoms with van der Waals surface area (Å²) in [6.07, 6.45) is 0. The third kappa shape index (κ3) is 1.68. The molecule has 0 atom stereocenters. The van der Waals surface area contributed by atoms with Gasteiger partial charge in [0.15, 0.2) is 5.78 Å². The van der Waals surface area contributed by atoms with Gasteiger partial charge in [0.1, 0.15) is 11.6 Å². The van der Waals surface area contributed by atoms with Crippen molar-refractivity contribution in [1.29, 1.82) is 0 Å². The van der Waals surface area contributed by atoms with E-state index in [0.717, 1.165) is 11.1 Å². The highest BCUT2D eigenvalue weighted by Crippen LogP contribution is 2.41. The zero-order chi connectivity index (χ0) is 13.6. The topological polar surface area (TPSA) is 52.3 Å². The summed E-state index contributed by atoms with van der Waals surface area (Å²) in [4.78, 5) is 12.2. The SMILES string of the molecule is CCOc1cc2c(cc1N)C(=O)c1cc(F)ccc1-2. The van der Waals surface area contributed by atoms with E-state index in [0.29, 0.717) is 29.2 Å². The molecule has 0 unspecified atom stereocenters. The maximum atomic E-state index is 13.2. The molecule has 0 aliphatic heterocycles. The van der Waals surface area contributed by atoms with Crippen LogP contribution in [-0.2, 0) is 0 Å². The fourth-order valence-corrected chi connectivity index (χ4v) is 2.37. The lowest BCUT2D eigenvalue weighted by Gasteiger charge is -2.09. The molecule has 0 amide bonds. The van der Waals surface area contributed by atoms with Gasteiger partial charge in [-0.2, -0.15) is 0 Å². The van der Waals surface area contributed by atoms with E-state index in [2.05, 4.69) is 0 Å². The van der Waals surface area contributed by atoms with Crippen molar-refractivity contribution >= 4 is 11.5 Å². The molecule has 0 saturated carbocycles. The van der Waals surface area contributed by atoms with E-state index in [4.69, 9.17) is 10.5 Å². The van der Waals surface area contributed by atoms with Gasteiger partial charge in [0.25, 0.3) is 0 Å². The quantitative estimate of drug-likeness (QED) is 0.718. The predicted molar refractivity (Wildman–Crippen MR) is 70.8 cm³/mol. The van der Waals surface area contributed by atoms with Crippen molar-refractivity contribution in [3.8, 4) is 16.9 Å². The van der Waals surface area contributed by atoms with E-state index in [9.17, 15) is 9.18 Å². The van der Waals surface area contributed by atoms with Crippen LogP contribution >= 0.6 is 0 Å². The molecule has 0 radical (unpaired) electrons. The Labute approximate surface area is 109 Å². The van der Waals surface area contributed by atoms with Crippen LogP contribution in [-0.4, -0.2) is 12.4 Å². The summed E-state index contributed by atoms with van der Waals surface area (Å²) in [6, 6.07) is 7.56. The molecular formula is C15H12FNO2. The van der Waals surface area contributed by atoms with Gasteiger partial charge in [0, 0.05) is 11.1 Å². The number of ether oxygens (including phenoxy) is 1. The van der Waals surface area contributed by atoms with Crippen LogP contribution in [0.5, 0.6) is 5.75 Å². The fraction of sp³-hybridized carbons (Fsp3) is 0.133. The third-order valence-electron chi connectivity index (χ3n) is 3.21. The van der Waals surface area contributed by atoms with Crippen LogP contribution in [0.3, 0.4) is 0 Å². The average Bonchev–Trinajstić information content (AvgIpc) is 2.64. The summed E-state index contributed by atoms with van der Waals surface area (Å²) in [6.45, 7) is 2.36. The highest BCUT2D eigenvalue weighted by molar-refractivity contribution is 6.22. The molecule has 3 rings (SSSR count). The minimum Gasteiger partial charge on any atom is -0.492 e. The zero-order valence-electron chi connectivity index (χ0n) is 10.4. The molecule has 96 valence electrons. The maximum Gasteiger partial charge on any atom is 0.194 e. The molecule has 2 aromatic carbocycles. The largest absolute Gasteiger partial charge is 0.492 e. The summed E-state index contributed by atoms with van der Waals surface area (Å²) in [5, 5.41) is 0. The molecule has 3 nitrogen and oxygen atoms in total. The lowest BCUT2D eigenvalue weighted by Crippen LogP contribution is -2.00. The summed E-state index contributed by atoms with van der Waals surface area (Å²) in [5.41, 5.74) is 8.63. The molecule has 0 aromatic heterocycles. The number of hydrogen-bond acceptors (Lipinski definition) is 3. The van der Waals surface area contributed by atoms with Crippen LogP contribution in [0, 0.1) is 5.82 Å². The van der Waals surface area contributed by atoms with Crippen molar-refractivity contribution in [2.24, 2.45) is 0 Å². The van der Waals surface area contributed by atoms with Gasteiger partial charge in [-0.05, 0) is 42.3 Å². The first-order valence-corrected chi connectivity index (χ1v) is 6.02. The van der Waals surface area contributed by atoms with E-state index in [1.807, 2.05) is 6.92 Å². The monoisotopic (exact) mass is 257 g/mol. The van der Waals surface area contributed by atoms with E-state index in [1.54, 1.807) is 18.2 Å². The molecular weight excluding hydrogens is 245 g/mol. The smallest absolute Gasteiger partial charge is 0.194 e. The second kappa shape index (κ2) is 4.09. The molecule has 0 saturated heterocycles. The highest BCUT2D eigenvalue weighted by Gasteiger charge is 2.28. The molecule has 0 bridgehead atoms. The number of carbonyl (C=O) groups excluding carboxylic acids is 1. The van der Waals surface area contributed by atoms with Crippen molar-refractivity contribution < 1.29 is 13.9 Å². The number of hydrogen-bond donors (Lipinski definition) is 1. The van der Waals surface area contributed by atoms with E-state index < -0.39 is 5.82 Å². The minimum absolute atomic E-state index is 0.195. The number of rotatable bonds is 2. The van der Waals surface area contributed by atoms with E-state index in [-0.39, 0.29) is 5.78 Å². The first-order valence-electron chi connectivity index (χ1n) is 6.02. The lowest BCUT2D eigenvalue weighted by atomic mass is 10.0. The van der Waals surface area contributed by atoms with Gasteiger partial charge in [-0.3, -0.25) is 4.79 Å². The van der Waals surface area contributed by atoms with Crippen molar-refractivity contribution in [2.75, 3.05) is 12.3 Å². The van der Waals surface area contributed by atoms with Crippen LogP contribution in [0.2, 0.25) is 0 Å². The van der Waals surface area contributed by atoms with Crippen LogP contribution in [0.4, 0.5) is 10.1 Å². The fourth-order valence-electron chi connectivity index (χ4n) is 2.37. The Hall–Kier alpha value is -2.36. The Bertz CT molecular complexity index is 695. The van der Waals surface area contributed by atoms with Crippen LogP contribution in [0.25, 0.3) is 11.1 Å². The number of fused-ring (bicyclic) bond motifs is 3. The number of benzene rings is 2. The van der Waals surface area contributed by atoms with Crippen LogP contribution in [0.1, 0.15) is 22.8 Å². The Morgan fingerprint density at radius 3 is 2.58 bits per heavy atom. The molecule has 1 aliphatic rings. The molecule has 4 heteroatoms. The van der Waals surface area contributed by atoms with E-state index >= 15 is 0 Å². The number of carbonyl (C=O) groups is 1. The second-order valence-electron chi connectivity index (χ2n) is 4.39. The van der Waals surface area contributed by atoms with Crippen molar-refractivity contribution in [2.45, 2.75) is 6.92 Å². The molecule has 2 N–H and O–H groups in total. The molecule has 0 spiro atoms.